The molecular formula is C23H30FN3O5. The number of benzene rings is 1. The van der Waals surface area contributed by atoms with E-state index in [0.717, 1.165) is 0 Å². The molecule has 1 aromatic heterocycles. The summed E-state index contributed by atoms with van der Waals surface area (Å²) in [6.07, 6.45) is -0.394. The van der Waals surface area contributed by atoms with Crippen molar-refractivity contribution in [3.8, 4) is 5.75 Å². The lowest BCUT2D eigenvalue weighted by Crippen LogP contribution is -2.51. The van der Waals surface area contributed by atoms with E-state index in [1.54, 1.807) is 44.1 Å². The fourth-order valence-corrected chi connectivity index (χ4v) is 4.10. The van der Waals surface area contributed by atoms with Gasteiger partial charge in [-0.05, 0) is 26.0 Å². The van der Waals surface area contributed by atoms with Gasteiger partial charge in [-0.3, -0.25) is 9.69 Å². The summed E-state index contributed by atoms with van der Waals surface area (Å²) < 4.78 is 26.6. The molecule has 0 saturated carbocycles. The first-order valence-corrected chi connectivity index (χ1v) is 10.7. The van der Waals surface area contributed by atoms with E-state index in [0.29, 0.717) is 50.6 Å². The van der Waals surface area contributed by atoms with Crippen molar-refractivity contribution in [1.82, 2.24) is 14.4 Å². The standard InChI is InChI=1S/C23H30FN3O5/c1-4-32-23(30)26-11-9-25(10-12-26)21(17-7-5-6-8-18(17)24)20-19(28)15-16(2)27(22(20)29)13-14-31-3/h5-8,15,21,28H,4,9-14H2,1-3H3. The topological polar surface area (TPSA) is 84.2 Å². The van der Waals surface area contributed by atoms with E-state index in [1.165, 1.54) is 16.7 Å². The number of carbonyl (C=O) groups is 1. The van der Waals surface area contributed by atoms with Gasteiger partial charge in [-0.15, -0.1) is 0 Å². The third-order valence-corrected chi connectivity index (χ3v) is 5.72. The van der Waals surface area contributed by atoms with Crippen molar-refractivity contribution < 1.29 is 23.8 Å². The number of piperazine rings is 1. The number of amides is 1. The minimum absolute atomic E-state index is 0.112. The molecule has 1 amide bonds. The maximum atomic E-state index is 14.9. The Bertz CT molecular complexity index is 1000. The lowest BCUT2D eigenvalue weighted by atomic mass is 9.95. The van der Waals surface area contributed by atoms with Crippen molar-refractivity contribution in [2.45, 2.75) is 26.4 Å². The highest BCUT2D eigenvalue weighted by atomic mass is 19.1. The minimum atomic E-state index is -0.803. The fourth-order valence-electron chi connectivity index (χ4n) is 4.10. The molecule has 3 rings (SSSR count). The summed E-state index contributed by atoms with van der Waals surface area (Å²) in [5.41, 5.74) is 0.612. The molecule has 174 valence electrons. The van der Waals surface area contributed by atoms with E-state index in [2.05, 4.69) is 0 Å². The van der Waals surface area contributed by atoms with Crippen LogP contribution in [0.3, 0.4) is 0 Å². The van der Waals surface area contributed by atoms with Crippen LogP contribution in [-0.4, -0.2) is 72.1 Å². The molecule has 1 aliphatic rings. The molecule has 1 aromatic carbocycles. The summed E-state index contributed by atoms with van der Waals surface area (Å²) in [4.78, 5) is 29.0. The number of aryl methyl sites for hydroxylation is 1. The summed E-state index contributed by atoms with van der Waals surface area (Å²) in [6, 6.07) is 6.97. The first kappa shape index (κ1) is 23.7. The highest BCUT2D eigenvalue weighted by Gasteiger charge is 2.34. The average molecular weight is 448 g/mol. The highest BCUT2D eigenvalue weighted by molar-refractivity contribution is 5.67. The number of halogens is 1. The predicted octanol–water partition coefficient (Wildman–Crippen LogP) is 2.51. The zero-order valence-corrected chi connectivity index (χ0v) is 18.7. The molecule has 32 heavy (non-hydrogen) atoms. The molecule has 2 heterocycles. The molecular weight excluding hydrogens is 417 g/mol. The minimum Gasteiger partial charge on any atom is -0.507 e. The van der Waals surface area contributed by atoms with Gasteiger partial charge in [0.1, 0.15) is 11.6 Å². The van der Waals surface area contributed by atoms with Crippen LogP contribution in [-0.2, 0) is 16.0 Å². The Labute approximate surface area is 186 Å². The van der Waals surface area contributed by atoms with E-state index in [4.69, 9.17) is 9.47 Å². The van der Waals surface area contributed by atoms with E-state index in [-0.39, 0.29) is 23.5 Å². The van der Waals surface area contributed by atoms with Gasteiger partial charge in [0.05, 0.1) is 24.8 Å². The van der Waals surface area contributed by atoms with E-state index < -0.39 is 18.0 Å². The number of methoxy groups -OCH3 is 1. The van der Waals surface area contributed by atoms with Gasteiger partial charge in [0.15, 0.2) is 0 Å². The number of hydrogen-bond donors (Lipinski definition) is 1. The molecule has 0 bridgehead atoms. The number of ether oxygens (including phenoxy) is 2. The number of carbonyl (C=O) groups excluding carboxylic acids is 1. The van der Waals surface area contributed by atoms with Crippen molar-refractivity contribution in [3.05, 3.63) is 63.3 Å². The second-order valence-electron chi connectivity index (χ2n) is 7.68. The lowest BCUT2D eigenvalue weighted by Gasteiger charge is -2.39. The average Bonchev–Trinajstić information content (AvgIpc) is 2.77. The Hall–Kier alpha value is -2.91. The third-order valence-electron chi connectivity index (χ3n) is 5.72. The van der Waals surface area contributed by atoms with Crippen molar-refractivity contribution >= 4 is 6.09 Å². The van der Waals surface area contributed by atoms with Crippen LogP contribution in [0.4, 0.5) is 9.18 Å². The maximum Gasteiger partial charge on any atom is 0.409 e. The Balaban J connectivity index is 2.04. The molecule has 1 atom stereocenters. The molecule has 0 radical (unpaired) electrons. The van der Waals surface area contributed by atoms with Crippen LogP contribution in [0.5, 0.6) is 5.75 Å². The Morgan fingerprint density at radius 1 is 1.22 bits per heavy atom. The van der Waals surface area contributed by atoms with E-state index in [1.807, 2.05) is 4.90 Å². The second-order valence-corrected chi connectivity index (χ2v) is 7.68. The normalized spacial score (nSPS) is 15.6. The summed E-state index contributed by atoms with van der Waals surface area (Å²) >= 11 is 0. The van der Waals surface area contributed by atoms with Gasteiger partial charge in [-0.1, -0.05) is 18.2 Å². The molecule has 1 N–H and O–H groups in total. The number of aromatic hydroxyl groups is 1. The molecule has 2 aromatic rings. The van der Waals surface area contributed by atoms with Crippen LogP contribution in [0.2, 0.25) is 0 Å². The van der Waals surface area contributed by atoms with Crippen molar-refractivity contribution in [3.63, 3.8) is 0 Å². The van der Waals surface area contributed by atoms with Crippen LogP contribution in [0.1, 0.15) is 29.8 Å². The number of pyridine rings is 1. The quantitative estimate of drug-likeness (QED) is 0.702. The Kier molecular flexibility index (Phi) is 7.87. The van der Waals surface area contributed by atoms with E-state index in [9.17, 15) is 19.1 Å². The number of hydrogen-bond acceptors (Lipinski definition) is 6. The predicted molar refractivity (Wildman–Crippen MR) is 117 cm³/mol. The Morgan fingerprint density at radius 2 is 1.91 bits per heavy atom. The summed E-state index contributed by atoms with van der Waals surface area (Å²) in [5.74, 6) is -0.643. The first-order valence-electron chi connectivity index (χ1n) is 10.7. The molecule has 9 heteroatoms. The van der Waals surface area contributed by atoms with Crippen LogP contribution in [0, 0.1) is 12.7 Å². The SMILES string of the molecule is CCOC(=O)N1CCN(C(c2ccccc2F)c2c(O)cc(C)n(CCOC)c2=O)CC1. The fraction of sp³-hybridized carbons (Fsp3) is 0.478. The Morgan fingerprint density at radius 3 is 2.53 bits per heavy atom. The van der Waals surface area contributed by atoms with Crippen molar-refractivity contribution in [2.24, 2.45) is 0 Å². The van der Waals surface area contributed by atoms with Crippen LogP contribution in [0.15, 0.2) is 35.1 Å². The maximum absolute atomic E-state index is 14.9. The highest BCUT2D eigenvalue weighted by Crippen LogP contribution is 2.34. The number of rotatable bonds is 7. The van der Waals surface area contributed by atoms with Crippen molar-refractivity contribution in [1.29, 1.82) is 0 Å². The molecule has 1 unspecified atom stereocenters. The van der Waals surface area contributed by atoms with Crippen LogP contribution in [0.25, 0.3) is 0 Å². The number of nitrogens with zero attached hydrogens (tertiary/aromatic N) is 3. The van der Waals surface area contributed by atoms with Gasteiger partial charge in [-0.25, -0.2) is 9.18 Å². The van der Waals surface area contributed by atoms with Crippen LogP contribution >= 0.6 is 0 Å². The van der Waals surface area contributed by atoms with Gasteiger partial charge in [0, 0.05) is 51.1 Å². The molecule has 0 spiro atoms. The smallest absolute Gasteiger partial charge is 0.409 e. The van der Waals surface area contributed by atoms with Crippen molar-refractivity contribution in [2.75, 3.05) is 46.5 Å². The second kappa shape index (κ2) is 10.6. The van der Waals surface area contributed by atoms with Gasteiger partial charge in [0.2, 0.25) is 0 Å². The zero-order valence-electron chi connectivity index (χ0n) is 18.7. The van der Waals surface area contributed by atoms with Crippen LogP contribution < -0.4 is 5.56 Å². The van der Waals surface area contributed by atoms with E-state index >= 15 is 0 Å². The van der Waals surface area contributed by atoms with Gasteiger partial charge in [0.25, 0.3) is 5.56 Å². The molecule has 8 nitrogen and oxygen atoms in total. The molecule has 1 fully saturated rings. The summed E-state index contributed by atoms with van der Waals surface area (Å²) in [6.45, 7) is 5.93. The molecule has 1 saturated heterocycles. The number of aromatic nitrogens is 1. The first-order chi connectivity index (χ1) is 15.4. The third kappa shape index (κ3) is 4.94. The monoisotopic (exact) mass is 447 g/mol. The largest absolute Gasteiger partial charge is 0.507 e. The molecule has 0 aliphatic carbocycles. The van der Waals surface area contributed by atoms with Gasteiger partial charge < -0.3 is 24.0 Å². The summed E-state index contributed by atoms with van der Waals surface area (Å²) in [7, 11) is 1.55. The lowest BCUT2D eigenvalue weighted by molar-refractivity contribution is 0.0704. The van der Waals surface area contributed by atoms with Gasteiger partial charge >= 0.3 is 6.09 Å². The summed E-state index contributed by atoms with van der Waals surface area (Å²) in [5, 5.41) is 10.8. The zero-order chi connectivity index (χ0) is 23.3. The molecule has 1 aliphatic heterocycles. The van der Waals surface area contributed by atoms with Gasteiger partial charge in [-0.2, -0.15) is 0 Å².